The fourth-order valence-corrected chi connectivity index (χ4v) is 2.37. The number of aromatic nitrogens is 2. The summed E-state index contributed by atoms with van der Waals surface area (Å²) in [6.45, 7) is 2.61. The monoisotopic (exact) mass is 316 g/mol. The highest BCUT2D eigenvalue weighted by Gasteiger charge is 2.21. The largest absolute Gasteiger partial charge is 0.287 e. The molecular formula is C13H11Cl3N2O. The van der Waals surface area contributed by atoms with Gasteiger partial charge in [-0.15, -0.1) is 0 Å². The Morgan fingerprint density at radius 3 is 2.68 bits per heavy atom. The second kappa shape index (κ2) is 5.95. The maximum atomic E-state index is 12.5. The van der Waals surface area contributed by atoms with E-state index in [2.05, 4.69) is 5.10 Å². The molecule has 0 radical (unpaired) electrons. The van der Waals surface area contributed by atoms with Crippen molar-refractivity contribution in [2.75, 3.05) is 0 Å². The number of halogens is 3. The number of benzene rings is 1. The van der Waals surface area contributed by atoms with Crippen LogP contribution in [0.1, 0.15) is 29.4 Å². The lowest BCUT2D eigenvalue weighted by atomic mass is 10.1. The summed E-state index contributed by atoms with van der Waals surface area (Å²) in [5, 5.41) is 5.20. The molecule has 0 amide bonds. The zero-order valence-electron chi connectivity index (χ0n) is 10.2. The van der Waals surface area contributed by atoms with E-state index in [1.165, 1.54) is 12.3 Å². The van der Waals surface area contributed by atoms with Gasteiger partial charge in [0.05, 0.1) is 16.2 Å². The Morgan fingerprint density at radius 2 is 2.00 bits per heavy atom. The lowest BCUT2D eigenvalue weighted by Crippen LogP contribution is -2.12. The summed E-state index contributed by atoms with van der Waals surface area (Å²) < 4.78 is 1.59. The Bertz CT molecular complexity index is 622. The Kier molecular flexibility index (Phi) is 4.50. The first-order valence-corrected chi connectivity index (χ1v) is 6.89. The topological polar surface area (TPSA) is 34.9 Å². The van der Waals surface area contributed by atoms with Gasteiger partial charge in [0.2, 0.25) is 5.78 Å². The molecule has 0 spiro atoms. The number of aryl methyl sites for hydroxylation is 1. The summed E-state index contributed by atoms with van der Waals surface area (Å²) in [5.74, 6) is -0.275. The molecule has 100 valence electrons. The second-order valence-electron chi connectivity index (χ2n) is 4.02. The second-order valence-corrected chi connectivity index (χ2v) is 5.27. The fraction of sp³-hybridized carbons (Fsp3) is 0.231. The van der Waals surface area contributed by atoms with Crippen LogP contribution < -0.4 is 0 Å². The molecule has 0 unspecified atom stereocenters. The van der Waals surface area contributed by atoms with Crippen molar-refractivity contribution in [2.45, 2.75) is 19.9 Å². The number of hydrogen-bond acceptors (Lipinski definition) is 2. The molecule has 0 aliphatic carbocycles. The van der Waals surface area contributed by atoms with Gasteiger partial charge in [-0.1, -0.05) is 41.7 Å². The normalized spacial score (nSPS) is 10.7. The number of carbonyl (C=O) groups excluding carboxylic acids is 1. The van der Waals surface area contributed by atoms with Crippen molar-refractivity contribution in [1.29, 1.82) is 0 Å². The van der Waals surface area contributed by atoms with Gasteiger partial charge < -0.3 is 0 Å². The van der Waals surface area contributed by atoms with Gasteiger partial charge in [0.1, 0.15) is 5.69 Å². The average molecular weight is 318 g/mol. The standard InChI is InChI=1S/C13H11Cl3N2O/c1-2-5-18-12(11(16)7-17-18)13(19)9-6-8(14)3-4-10(9)15/h3-4,6-7H,2,5H2,1H3. The molecule has 0 saturated heterocycles. The molecule has 0 saturated carbocycles. The molecule has 3 nitrogen and oxygen atoms in total. The Morgan fingerprint density at radius 1 is 1.26 bits per heavy atom. The van der Waals surface area contributed by atoms with E-state index in [9.17, 15) is 4.79 Å². The first-order chi connectivity index (χ1) is 9.04. The summed E-state index contributed by atoms with van der Waals surface area (Å²) in [6, 6.07) is 4.75. The van der Waals surface area contributed by atoms with Gasteiger partial charge in [0, 0.05) is 17.1 Å². The van der Waals surface area contributed by atoms with Crippen LogP contribution in [-0.4, -0.2) is 15.6 Å². The van der Waals surface area contributed by atoms with Crippen molar-refractivity contribution >= 4 is 40.6 Å². The van der Waals surface area contributed by atoms with Gasteiger partial charge in [-0.3, -0.25) is 9.48 Å². The third-order valence-electron chi connectivity index (χ3n) is 2.62. The number of rotatable bonds is 4. The van der Waals surface area contributed by atoms with Crippen molar-refractivity contribution in [1.82, 2.24) is 9.78 Å². The molecule has 0 bridgehead atoms. The molecule has 0 fully saturated rings. The van der Waals surface area contributed by atoms with Gasteiger partial charge in [0.25, 0.3) is 0 Å². The molecule has 2 rings (SSSR count). The van der Waals surface area contributed by atoms with Crippen molar-refractivity contribution in [3.63, 3.8) is 0 Å². The van der Waals surface area contributed by atoms with Crippen LogP contribution in [-0.2, 0) is 6.54 Å². The summed E-state index contributed by atoms with van der Waals surface area (Å²) >= 11 is 18.0. The van der Waals surface area contributed by atoms with E-state index in [0.717, 1.165) is 6.42 Å². The van der Waals surface area contributed by atoms with Crippen LogP contribution in [0, 0.1) is 0 Å². The van der Waals surface area contributed by atoms with E-state index in [0.29, 0.717) is 32.9 Å². The minimum atomic E-state index is -0.275. The van der Waals surface area contributed by atoms with Gasteiger partial charge >= 0.3 is 0 Å². The SMILES string of the molecule is CCCn1ncc(Cl)c1C(=O)c1cc(Cl)ccc1Cl. The van der Waals surface area contributed by atoms with Crippen LogP contribution in [0.25, 0.3) is 0 Å². The van der Waals surface area contributed by atoms with E-state index in [4.69, 9.17) is 34.8 Å². The molecular weight excluding hydrogens is 307 g/mol. The number of nitrogens with zero attached hydrogens (tertiary/aromatic N) is 2. The smallest absolute Gasteiger partial charge is 0.214 e. The van der Waals surface area contributed by atoms with Crippen LogP contribution >= 0.6 is 34.8 Å². The van der Waals surface area contributed by atoms with Crippen molar-refractivity contribution in [3.05, 3.63) is 50.7 Å². The van der Waals surface area contributed by atoms with Crippen LogP contribution in [0.2, 0.25) is 15.1 Å². The number of carbonyl (C=O) groups is 1. The Balaban J connectivity index is 2.49. The fourth-order valence-electron chi connectivity index (χ4n) is 1.77. The first-order valence-electron chi connectivity index (χ1n) is 5.75. The lowest BCUT2D eigenvalue weighted by Gasteiger charge is -2.07. The van der Waals surface area contributed by atoms with E-state index in [-0.39, 0.29) is 5.78 Å². The van der Waals surface area contributed by atoms with E-state index < -0.39 is 0 Å². The highest BCUT2D eigenvalue weighted by atomic mass is 35.5. The zero-order chi connectivity index (χ0) is 14.0. The highest BCUT2D eigenvalue weighted by molar-refractivity contribution is 6.39. The molecule has 1 aromatic heterocycles. The zero-order valence-corrected chi connectivity index (χ0v) is 12.4. The number of ketones is 1. The Labute approximate surface area is 126 Å². The predicted molar refractivity (Wildman–Crippen MR) is 77.4 cm³/mol. The molecule has 19 heavy (non-hydrogen) atoms. The van der Waals surface area contributed by atoms with E-state index >= 15 is 0 Å². The highest BCUT2D eigenvalue weighted by Crippen LogP contribution is 2.26. The summed E-state index contributed by atoms with van der Waals surface area (Å²) in [4.78, 5) is 12.5. The van der Waals surface area contributed by atoms with Gasteiger partial charge in [-0.05, 0) is 24.6 Å². The molecule has 2 aromatic rings. The summed E-state index contributed by atoms with van der Waals surface area (Å²) in [6.07, 6.45) is 2.31. The minimum absolute atomic E-state index is 0.275. The minimum Gasteiger partial charge on any atom is -0.287 e. The summed E-state index contributed by atoms with van der Waals surface area (Å²) in [7, 11) is 0. The molecule has 0 atom stereocenters. The molecule has 0 N–H and O–H groups in total. The van der Waals surface area contributed by atoms with Gasteiger partial charge in [-0.2, -0.15) is 5.10 Å². The lowest BCUT2D eigenvalue weighted by molar-refractivity contribution is 0.102. The maximum absolute atomic E-state index is 12.5. The van der Waals surface area contributed by atoms with Crippen LogP contribution in [0.15, 0.2) is 24.4 Å². The third-order valence-corrected chi connectivity index (χ3v) is 3.46. The number of hydrogen-bond donors (Lipinski definition) is 0. The van der Waals surface area contributed by atoms with Crippen molar-refractivity contribution in [3.8, 4) is 0 Å². The quantitative estimate of drug-likeness (QED) is 0.779. The van der Waals surface area contributed by atoms with Crippen molar-refractivity contribution in [2.24, 2.45) is 0 Å². The third kappa shape index (κ3) is 2.94. The molecule has 0 aliphatic heterocycles. The molecule has 6 heteroatoms. The average Bonchev–Trinajstić information content (AvgIpc) is 2.73. The summed E-state index contributed by atoms with van der Waals surface area (Å²) in [5.41, 5.74) is 0.668. The van der Waals surface area contributed by atoms with Gasteiger partial charge in [0.15, 0.2) is 0 Å². The molecule has 0 aliphatic rings. The van der Waals surface area contributed by atoms with Crippen LogP contribution in [0.4, 0.5) is 0 Å². The van der Waals surface area contributed by atoms with E-state index in [1.54, 1.807) is 16.8 Å². The molecule has 1 heterocycles. The molecule has 1 aromatic carbocycles. The Hall–Kier alpha value is -1.03. The first kappa shape index (κ1) is 14.4. The maximum Gasteiger partial charge on any atom is 0.214 e. The van der Waals surface area contributed by atoms with Crippen molar-refractivity contribution < 1.29 is 4.79 Å². The van der Waals surface area contributed by atoms with Crippen LogP contribution in [0.5, 0.6) is 0 Å². The van der Waals surface area contributed by atoms with E-state index in [1.807, 2.05) is 6.92 Å². The predicted octanol–water partition coefficient (Wildman–Crippen LogP) is 4.48. The van der Waals surface area contributed by atoms with Gasteiger partial charge in [-0.25, -0.2) is 0 Å². The van der Waals surface area contributed by atoms with Crippen LogP contribution in [0.3, 0.4) is 0 Å².